The van der Waals surface area contributed by atoms with E-state index >= 15 is 0 Å². The van der Waals surface area contributed by atoms with E-state index in [0.29, 0.717) is 12.8 Å². The van der Waals surface area contributed by atoms with Gasteiger partial charge in [0.1, 0.15) is 11.6 Å². The van der Waals surface area contributed by atoms with E-state index in [9.17, 15) is 22.8 Å². The van der Waals surface area contributed by atoms with Crippen LogP contribution >= 0.6 is 0 Å². The average molecular weight is 331 g/mol. The molecule has 5 nitrogen and oxygen atoms in total. The number of alkyl halides is 2. The van der Waals surface area contributed by atoms with Crippen LogP contribution < -0.4 is 10.1 Å². The Labute approximate surface area is 130 Å². The number of hydrogen-bond acceptors (Lipinski definition) is 3. The molecule has 8 heteroatoms. The lowest BCUT2D eigenvalue weighted by atomic mass is 10.0. The number of halogens is 3. The van der Waals surface area contributed by atoms with Gasteiger partial charge in [0.15, 0.2) is 0 Å². The van der Waals surface area contributed by atoms with Gasteiger partial charge in [-0.05, 0) is 31.4 Å². The van der Waals surface area contributed by atoms with Crippen molar-refractivity contribution < 1.29 is 32.6 Å². The van der Waals surface area contributed by atoms with Gasteiger partial charge in [-0.2, -0.15) is 8.78 Å². The fourth-order valence-corrected chi connectivity index (χ4v) is 2.68. The van der Waals surface area contributed by atoms with Crippen LogP contribution in [0.25, 0.3) is 0 Å². The third-order valence-corrected chi connectivity index (χ3v) is 3.88. The summed E-state index contributed by atoms with van der Waals surface area (Å²) >= 11 is 0. The van der Waals surface area contributed by atoms with Gasteiger partial charge in [0.2, 0.25) is 5.91 Å². The topological polar surface area (TPSA) is 75.6 Å². The van der Waals surface area contributed by atoms with Gasteiger partial charge >= 0.3 is 12.6 Å². The Hall–Kier alpha value is -2.25. The Bertz CT molecular complexity index is 594. The first-order chi connectivity index (χ1) is 10.9. The molecule has 1 aliphatic rings. The zero-order chi connectivity index (χ0) is 17.0. The van der Waals surface area contributed by atoms with Crippen LogP contribution in [0.2, 0.25) is 0 Å². The number of carboxylic acids is 1. The highest BCUT2D eigenvalue weighted by atomic mass is 19.3. The van der Waals surface area contributed by atoms with Crippen molar-refractivity contribution in [2.24, 2.45) is 11.8 Å². The Kier molecular flexibility index (Phi) is 5.46. The maximum absolute atomic E-state index is 13.7. The molecule has 2 atom stereocenters. The van der Waals surface area contributed by atoms with Crippen molar-refractivity contribution in [1.29, 1.82) is 0 Å². The molecule has 1 aromatic rings. The molecule has 1 aromatic carbocycles. The molecular formula is C15H16F3NO4. The summed E-state index contributed by atoms with van der Waals surface area (Å²) in [6.07, 6.45) is 1.06. The van der Waals surface area contributed by atoms with Crippen LogP contribution in [0.5, 0.6) is 5.75 Å². The molecule has 2 N–H and O–H groups in total. The largest absolute Gasteiger partial charge is 0.481 e. The van der Waals surface area contributed by atoms with Crippen molar-refractivity contribution in [2.75, 3.05) is 0 Å². The van der Waals surface area contributed by atoms with E-state index < -0.39 is 36.1 Å². The molecule has 126 valence electrons. The standard InChI is InChI=1S/C15H16F3NO4/c16-11-2-1-3-12(23-15(17)18)10(11)7-19-13(20)8-4-5-9(6-8)14(21)22/h1-3,8-9,15H,4-7H2,(H,19,20)(H,21,22)/t8-,9+/m0/s1. The SMILES string of the molecule is O=C(O)[C@@H]1CC[C@H](C(=O)NCc2c(F)cccc2OC(F)F)C1. The molecule has 1 aliphatic carbocycles. The number of benzene rings is 1. The number of amides is 1. The third-order valence-electron chi connectivity index (χ3n) is 3.88. The van der Waals surface area contributed by atoms with Gasteiger partial charge in [-0.25, -0.2) is 4.39 Å². The second kappa shape index (κ2) is 7.34. The molecule has 1 fully saturated rings. The van der Waals surface area contributed by atoms with E-state index in [-0.39, 0.29) is 24.3 Å². The van der Waals surface area contributed by atoms with Crippen molar-refractivity contribution in [1.82, 2.24) is 5.32 Å². The van der Waals surface area contributed by atoms with Crippen LogP contribution in [0.15, 0.2) is 18.2 Å². The molecule has 0 aliphatic heterocycles. The lowest BCUT2D eigenvalue weighted by Crippen LogP contribution is -2.30. The minimum Gasteiger partial charge on any atom is -0.481 e. The van der Waals surface area contributed by atoms with Crippen LogP contribution in [0.4, 0.5) is 13.2 Å². The predicted molar refractivity (Wildman–Crippen MR) is 73.3 cm³/mol. The molecule has 0 spiro atoms. The summed E-state index contributed by atoms with van der Waals surface area (Å²) in [5.74, 6) is -3.49. The number of ether oxygens (including phenoxy) is 1. The highest BCUT2D eigenvalue weighted by molar-refractivity contribution is 5.80. The number of rotatable bonds is 6. The monoisotopic (exact) mass is 331 g/mol. The van der Waals surface area contributed by atoms with Crippen LogP contribution in [-0.2, 0) is 16.1 Å². The van der Waals surface area contributed by atoms with Crippen LogP contribution in [0, 0.1) is 17.7 Å². The van der Waals surface area contributed by atoms with Gasteiger partial charge in [-0.1, -0.05) is 6.07 Å². The van der Waals surface area contributed by atoms with Crippen molar-refractivity contribution >= 4 is 11.9 Å². The molecule has 0 bridgehead atoms. The van der Waals surface area contributed by atoms with Gasteiger partial charge in [0.25, 0.3) is 0 Å². The Balaban J connectivity index is 1.98. The third kappa shape index (κ3) is 4.37. The smallest absolute Gasteiger partial charge is 0.387 e. The summed E-state index contributed by atoms with van der Waals surface area (Å²) in [7, 11) is 0. The predicted octanol–water partition coefficient (Wildman–Crippen LogP) is 2.54. The van der Waals surface area contributed by atoms with Crippen LogP contribution in [0.3, 0.4) is 0 Å². The highest BCUT2D eigenvalue weighted by Crippen LogP contribution is 2.31. The molecular weight excluding hydrogens is 315 g/mol. The summed E-state index contributed by atoms with van der Waals surface area (Å²) in [5, 5.41) is 11.4. The molecule has 0 aromatic heterocycles. The molecule has 0 saturated heterocycles. The van der Waals surface area contributed by atoms with E-state index in [2.05, 4.69) is 10.1 Å². The van der Waals surface area contributed by atoms with Crippen molar-refractivity contribution in [3.63, 3.8) is 0 Å². The van der Waals surface area contributed by atoms with Crippen molar-refractivity contribution in [3.8, 4) is 5.75 Å². The molecule has 0 heterocycles. The fraction of sp³-hybridized carbons (Fsp3) is 0.467. The average Bonchev–Trinajstić information content (AvgIpc) is 2.96. The molecule has 1 amide bonds. The molecule has 2 rings (SSSR count). The lowest BCUT2D eigenvalue weighted by molar-refractivity contribution is -0.141. The van der Waals surface area contributed by atoms with E-state index in [1.165, 1.54) is 12.1 Å². The maximum atomic E-state index is 13.7. The van der Waals surface area contributed by atoms with E-state index in [0.717, 1.165) is 6.07 Å². The van der Waals surface area contributed by atoms with Gasteiger partial charge in [0, 0.05) is 18.0 Å². The zero-order valence-electron chi connectivity index (χ0n) is 12.1. The van der Waals surface area contributed by atoms with Crippen LogP contribution in [-0.4, -0.2) is 23.6 Å². The number of carbonyl (C=O) groups excluding carboxylic acids is 1. The normalized spacial score (nSPS) is 20.5. The second-order valence-corrected chi connectivity index (χ2v) is 5.36. The number of hydrogen-bond donors (Lipinski definition) is 2. The first-order valence-corrected chi connectivity index (χ1v) is 7.11. The summed E-state index contributed by atoms with van der Waals surface area (Å²) < 4.78 is 42.6. The van der Waals surface area contributed by atoms with E-state index in [1.807, 2.05) is 0 Å². The molecule has 23 heavy (non-hydrogen) atoms. The summed E-state index contributed by atoms with van der Waals surface area (Å²) in [5.41, 5.74) is -0.172. The number of nitrogens with one attached hydrogen (secondary N) is 1. The summed E-state index contributed by atoms with van der Waals surface area (Å²) in [4.78, 5) is 22.9. The number of aliphatic carboxylic acids is 1. The summed E-state index contributed by atoms with van der Waals surface area (Å²) in [6.45, 7) is -3.40. The maximum Gasteiger partial charge on any atom is 0.387 e. The fourth-order valence-electron chi connectivity index (χ4n) is 2.68. The van der Waals surface area contributed by atoms with E-state index in [1.54, 1.807) is 0 Å². The minimum atomic E-state index is -3.10. The molecule has 1 saturated carbocycles. The summed E-state index contributed by atoms with van der Waals surface area (Å²) in [6, 6.07) is 3.50. The van der Waals surface area contributed by atoms with Gasteiger partial charge < -0.3 is 15.2 Å². The molecule has 0 unspecified atom stereocenters. The second-order valence-electron chi connectivity index (χ2n) is 5.36. The lowest BCUT2D eigenvalue weighted by Gasteiger charge is -2.14. The first-order valence-electron chi connectivity index (χ1n) is 7.11. The van der Waals surface area contributed by atoms with Gasteiger partial charge in [-0.3, -0.25) is 9.59 Å². The van der Waals surface area contributed by atoms with Gasteiger partial charge in [0.05, 0.1) is 5.92 Å². The zero-order valence-corrected chi connectivity index (χ0v) is 12.1. The number of carbonyl (C=O) groups is 2. The van der Waals surface area contributed by atoms with Crippen molar-refractivity contribution in [2.45, 2.75) is 32.4 Å². The molecule has 0 radical (unpaired) electrons. The Morgan fingerprint density at radius 1 is 1.30 bits per heavy atom. The quantitative estimate of drug-likeness (QED) is 0.840. The van der Waals surface area contributed by atoms with E-state index in [4.69, 9.17) is 5.11 Å². The van der Waals surface area contributed by atoms with Crippen molar-refractivity contribution in [3.05, 3.63) is 29.6 Å². The van der Waals surface area contributed by atoms with Crippen LogP contribution in [0.1, 0.15) is 24.8 Å². The minimum absolute atomic E-state index is 0.172. The Morgan fingerprint density at radius 3 is 2.61 bits per heavy atom. The number of carboxylic acid groups (broad SMARTS) is 1. The van der Waals surface area contributed by atoms with Gasteiger partial charge in [-0.15, -0.1) is 0 Å². The Morgan fingerprint density at radius 2 is 2.00 bits per heavy atom. The first kappa shape index (κ1) is 17.1. The highest BCUT2D eigenvalue weighted by Gasteiger charge is 2.33.